The molecule has 0 radical (unpaired) electrons. The first-order chi connectivity index (χ1) is 6.02. The van der Waals surface area contributed by atoms with Crippen LogP contribution in [0, 0.1) is 0 Å². The van der Waals surface area contributed by atoms with E-state index in [1.807, 2.05) is 13.8 Å². The molecule has 0 spiro atoms. The Balaban J connectivity index is 2.23. The molecular weight excluding hydrogens is 172 g/mol. The van der Waals surface area contributed by atoms with Gasteiger partial charge in [0.1, 0.15) is 0 Å². The quantitative estimate of drug-likeness (QED) is 0.622. The van der Waals surface area contributed by atoms with E-state index in [9.17, 15) is 4.79 Å². The van der Waals surface area contributed by atoms with Gasteiger partial charge >= 0.3 is 5.97 Å². The number of hydrogen-bond donors (Lipinski definition) is 0. The molecule has 0 aliphatic carbocycles. The highest BCUT2D eigenvalue weighted by Gasteiger charge is 2.34. The molecule has 1 aliphatic rings. The van der Waals surface area contributed by atoms with E-state index < -0.39 is 5.79 Å². The zero-order valence-electron chi connectivity index (χ0n) is 8.33. The molecule has 4 nitrogen and oxygen atoms in total. The Kier molecular flexibility index (Phi) is 3.27. The minimum Gasteiger partial charge on any atom is -0.466 e. The molecule has 1 saturated heterocycles. The molecule has 0 aromatic rings. The number of ether oxygens (including phenoxy) is 3. The van der Waals surface area contributed by atoms with Gasteiger partial charge in [-0.3, -0.25) is 4.79 Å². The summed E-state index contributed by atoms with van der Waals surface area (Å²) in [6.07, 6.45) is 0.707. The Morgan fingerprint density at radius 3 is 2.85 bits per heavy atom. The van der Waals surface area contributed by atoms with Crippen molar-refractivity contribution in [3.8, 4) is 0 Å². The zero-order chi connectivity index (χ0) is 9.90. The Hall–Kier alpha value is -0.610. The van der Waals surface area contributed by atoms with Gasteiger partial charge < -0.3 is 14.2 Å². The molecule has 1 rings (SSSR count). The van der Waals surface area contributed by atoms with Gasteiger partial charge in [-0.2, -0.15) is 0 Å². The molecule has 1 aliphatic heterocycles. The number of carbonyl (C=O) groups excluding carboxylic acids is 1. The van der Waals surface area contributed by atoms with E-state index >= 15 is 0 Å². The fraction of sp³-hybridized carbons (Fsp3) is 0.889. The lowest BCUT2D eigenvalue weighted by Gasteiger charge is -2.22. The van der Waals surface area contributed by atoms with Crippen LogP contribution >= 0.6 is 0 Å². The van der Waals surface area contributed by atoms with Crippen molar-refractivity contribution in [1.29, 1.82) is 0 Å². The molecule has 4 heteroatoms. The second kappa shape index (κ2) is 4.07. The second-order valence-electron chi connectivity index (χ2n) is 3.46. The molecule has 2 atom stereocenters. The van der Waals surface area contributed by atoms with Crippen molar-refractivity contribution in [1.82, 2.24) is 0 Å². The average molecular weight is 188 g/mol. The number of carbonyl (C=O) groups is 1. The van der Waals surface area contributed by atoms with Crippen LogP contribution in [0.25, 0.3) is 0 Å². The molecule has 13 heavy (non-hydrogen) atoms. The summed E-state index contributed by atoms with van der Waals surface area (Å²) in [5.74, 6) is -0.843. The van der Waals surface area contributed by atoms with Crippen molar-refractivity contribution >= 4 is 5.97 Å². The lowest BCUT2D eigenvalue weighted by atomic mass is 10.2. The summed E-state index contributed by atoms with van der Waals surface area (Å²) in [5, 5.41) is 0. The van der Waals surface area contributed by atoms with Gasteiger partial charge in [-0.25, -0.2) is 0 Å². The van der Waals surface area contributed by atoms with Gasteiger partial charge in [0.15, 0.2) is 5.79 Å². The minimum absolute atomic E-state index is 0.127. The van der Waals surface area contributed by atoms with Crippen LogP contribution < -0.4 is 0 Å². The van der Waals surface area contributed by atoms with Crippen molar-refractivity contribution in [2.75, 3.05) is 13.2 Å². The largest absolute Gasteiger partial charge is 0.466 e. The van der Waals surface area contributed by atoms with Gasteiger partial charge in [0.05, 0.1) is 19.3 Å². The normalized spacial score (nSPS) is 33.3. The smallest absolute Gasteiger partial charge is 0.302 e. The molecular formula is C9H16O4. The molecule has 2 unspecified atom stereocenters. The van der Waals surface area contributed by atoms with Gasteiger partial charge in [0.2, 0.25) is 0 Å². The van der Waals surface area contributed by atoms with Crippen molar-refractivity contribution in [3.05, 3.63) is 0 Å². The summed E-state index contributed by atoms with van der Waals surface area (Å²) in [4.78, 5) is 10.5. The highest BCUT2D eigenvalue weighted by molar-refractivity contribution is 5.65. The third-order valence-electron chi connectivity index (χ3n) is 1.94. The van der Waals surface area contributed by atoms with Crippen LogP contribution in [-0.4, -0.2) is 31.1 Å². The van der Waals surface area contributed by atoms with Gasteiger partial charge in [0, 0.05) is 13.3 Å². The Morgan fingerprint density at radius 2 is 2.38 bits per heavy atom. The number of rotatable bonds is 3. The molecule has 0 aromatic heterocycles. The Labute approximate surface area is 78.2 Å². The van der Waals surface area contributed by atoms with Gasteiger partial charge in [-0.05, 0) is 13.8 Å². The van der Waals surface area contributed by atoms with Gasteiger partial charge in [-0.15, -0.1) is 0 Å². The lowest BCUT2D eigenvalue weighted by Crippen LogP contribution is -2.28. The summed E-state index contributed by atoms with van der Waals surface area (Å²) in [7, 11) is 0. The fourth-order valence-electron chi connectivity index (χ4n) is 1.30. The highest BCUT2D eigenvalue weighted by Crippen LogP contribution is 2.26. The fourth-order valence-corrected chi connectivity index (χ4v) is 1.30. The molecule has 0 N–H and O–H groups in total. The minimum atomic E-state index is -0.575. The highest BCUT2D eigenvalue weighted by atomic mass is 16.7. The topological polar surface area (TPSA) is 44.8 Å². The third-order valence-corrected chi connectivity index (χ3v) is 1.94. The van der Waals surface area contributed by atoms with Gasteiger partial charge in [0.25, 0.3) is 0 Å². The zero-order valence-corrected chi connectivity index (χ0v) is 8.33. The first kappa shape index (κ1) is 10.5. The summed E-state index contributed by atoms with van der Waals surface area (Å²) in [6.45, 7) is 6.16. The standard InChI is InChI=1S/C9H16O4/c1-7-6-12-9(3,13-7)4-5-11-8(2)10/h7H,4-6H2,1-3H3. The van der Waals surface area contributed by atoms with Crippen molar-refractivity contribution in [3.63, 3.8) is 0 Å². The molecule has 0 aromatic carbocycles. The predicted molar refractivity (Wildman–Crippen MR) is 46.2 cm³/mol. The van der Waals surface area contributed by atoms with Crippen LogP contribution in [0.2, 0.25) is 0 Å². The molecule has 1 fully saturated rings. The Morgan fingerprint density at radius 1 is 1.69 bits per heavy atom. The summed E-state index contributed by atoms with van der Waals surface area (Å²) < 4.78 is 15.7. The maximum Gasteiger partial charge on any atom is 0.302 e. The summed E-state index contributed by atoms with van der Waals surface area (Å²) >= 11 is 0. The Bertz CT molecular complexity index is 192. The van der Waals surface area contributed by atoms with E-state index in [4.69, 9.17) is 14.2 Å². The monoisotopic (exact) mass is 188 g/mol. The first-order valence-corrected chi connectivity index (χ1v) is 4.47. The maximum absolute atomic E-state index is 10.5. The van der Waals surface area contributed by atoms with Crippen molar-refractivity contribution in [2.24, 2.45) is 0 Å². The predicted octanol–water partition coefficient (Wildman–Crippen LogP) is 1.09. The molecule has 0 amide bonds. The second-order valence-corrected chi connectivity index (χ2v) is 3.46. The molecule has 76 valence electrons. The number of esters is 1. The average Bonchev–Trinajstić information content (AvgIpc) is 2.30. The van der Waals surface area contributed by atoms with Crippen LogP contribution in [0.5, 0.6) is 0 Å². The summed E-state index contributed by atoms with van der Waals surface area (Å²) in [6, 6.07) is 0. The summed E-state index contributed by atoms with van der Waals surface area (Å²) in [5.41, 5.74) is 0. The van der Waals surface area contributed by atoms with E-state index in [1.165, 1.54) is 6.92 Å². The van der Waals surface area contributed by atoms with E-state index in [-0.39, 0.29) is 12.1 Å². The molecule has 1 heterocycles. The van der Waals surface area contributed by atoms with Crippen molar-refractivity contribution in [2.45, 2.75) is 39.1 Å². The van der Waals surface area contributed by atoms with Crippen LogP contribution in [0.15, 0.2) is 0 Å². The first-order valence-electron chi connectivity index (χ1n) is 4.47. The van der Waals surface area contributed by atoms with Crippen LogP contribution in [0.4, 0.5) is 0 Å². The number of hydrogen-bond acceptors (Lipinski definition) is 4. The van der Waals surface area contributed by atoms with E-state index in [0.717, 1.165) is 0 Å². The maximum atomic E-state index is 10.5. The van der Waals surface area contributed by atoms with Crippen LogP contribution in [0.1, 0.15) is 27.2 Å². The van der Waals surface area contributed by atoms with Gasteiger partial charge in [-0.1, -0.05) is 0 Å². The third kappa shape index (κ3) is 3.32. The van der Waals surface area contributed by atoms with Crippen molar-refractivity contribution < 1.29 is 19.0 Å². The van der Waals surface area contributed by atoms with Crippen LogP contribution in [-0.2, 0) is 19.0 Å². The van der Waals surface area contributed by atoms with E-state index in [0.29, 0.717) is 19.6 Å². The van der Waals surface area contributed by atoms with Crippen LogP contribution in [0.3, 0.4) is 0 Å². The molecule has 0 bridgehead atoms. The SMILES string of the molecule is CC(=O)OCCC1(C)OCC(C)O1. The van der Waals surface area contributed by atoms with E-state index in [2.05, 4.69) is 0 Å². The van der Waals surface area contributed by atoms with E-state index in [1.54, 1.807) is 0 Å². The molecule has 0 saturated carbocycles. The lowest BCUT2D eigenvalue weighted by molar-refractivity contribution is -0.169.